The highest BCUT2D eigenvalue weighted by molar-refractivity contribution is 7.92. The van der Waals surface area contributed by atoms with Crippen LogP contribution in [-0.4, -0.2) is 42.2 Å². The Morgan fingerprint density at radius 3 is 2.09 bits per heavy atom. The van der Waals surface area contributed by atoms with Crippen molar-refractivity contribution in [2.75, 3.05) is 37.5 Å². The van der Waals surface area contributed by atoms with Crippen molar-refractivity contribution in [3.8, 4) is 17.2 Å². The third kappa shape index (κ3) is 5.55. The number of halogens is 1. The first-order chi connectivity index (χ1) is 16.2. The fourth-order valence-corrected chi connectivity index (χ4v) is 4.88. The Kier molecular flexibility index (Phi) is 7.90. The Balaban J connectivity index is 1.98. The van der Waals surface area contributed by atoms with Crippen molar-refractivity contribution < 1.29 is 27.4 Å². The molecule has 0 saturated heterocycles. The number of rotatable bonds is 9. The lowest BCUT2D eigenvalue weighted by Gasteiger charge is -2.25. The molecule has 0 atom stereocenters. The van der Waals surface area contributed by atoms with Gasteiger partial charge in [0.05, 0.1) is 36.9 Å². The fourth-order valence-electron chi connectivity index (χ4n) is 3.21. The Morgan fingerprint density at radius 2 is 1.50 bits per heavy atom. The van der Waals surface area contributed by atoms with Crippen molar-refractivity contribution in [1.82, 2.24) is 0 Å². The Labute approximate surface area is 204 Å². The average molecular weight is 505 g/mol. The van der Waals surface area contributed by atoms with Gasteiger partial charge in [0.1, 0.15) is 12.3 Å². The first-order valence-corrected chi connectivity index (χ1v) is 12.0. The average Bonchev–Trinajstić information content (AvgIpc) is 2.82. The summed E-state index contributed by atoms with van der Waals surface area (Å²) in [4.78, 5) is 13.0. The van der Waals surface area contributed by atoms with Gasteiger partial charge >= 0.3 is 0 Å². The lowest BCUT2D eigenvalue weighted by molar-refractivity contribution is -0.114. The summed E-state index contributed by atoms with van der Waals surface area (Å²) in [7, 11) is 0.314. The summed E-state index contributed by atoms with van der Waals surface area (Å²) in [5.41, 5.74) is 1.54. The molecule has 3 aromatic carbocycles. The first kappa shape index (κ1) is 25.2. The van der Waals surface area contributed by atoms with Crippen LogP contribution in [0.4, 0.5) is 11.4 Å². The predicted octanol–water partition coefficient (Wildman–Crippen LogP) is 4.51. The zero-order valence-electron chi connectivity index (χ0n) is 19.2. The SMILES string of the molecule is COc1ccc(NC(=O)CN(c2ccc(OC)c(OC)c2)S(=O)(=O)c2ccc(C)cc2)cc1Cl. The van der Waals surface area contributed by atoms with Crippen LogP contribution in [0, 0.1) is 6.92 Å². The van der Waals surface area contributed by atoms with Gasteiger partial charge in [-0.3, -0.25) is 9.10 Å². The van der Waals surface area contributed by atoms with E-state index in [9.17, 15) is 13.2 Å². The normalized spacial score (nSPS) is 11.0. The molecule has 0 unspecified atom stereocenters. The summed E-state index contributed by atoms with van der Waals surface area (Å²) >= 11 is 6.13. The van der Waals surface area contributed by atoms with E-state index in [-0.39, 0.29) is 10.6 Å². The molecular formula is C24H25ClN2O6S. The number of nitrogens with one attached hydrogen (secondary N) is 1. The third-order valence-electron chi connectivity index (χ3n) is 4.99. The number of carbonyl (C=O) groups excluding carboxylic acids is 1. The van der Waals surface area contributed by atoms with Gasteiger partial charge in [0.15, 0.2) is 11.5 Å². The van der Waals surface area contributed by atoms with Gasteiger partial charge in [-0.2, -0.15) is 0 Å². The number of sulfonamides is 1. The molecule has 0 fully saturated rings. The summed E-state index contributed by atoms with van der Waals surface area (Å²) < 4.78 is 43.8. The van der Waals surface area contributed by atoms with Crippen molar-refractivity contribution in [3.05, 3.63) is 71.2 Å². The van der Waals surface area contributed by atoms with Crippen LogP contribution >= 0.6 is 11.6 Å². The highest BCUT2D eigenvalue weighted by Crippen LogP contribution is 2.34. The second-order valence-corrected chi connectivity index (χ2v) is 9.53. The van der Waals surface area contributed by atoms with Gasteiger partial charge in [-0.15, -0.1) is 0 Å². The molecule has 0 aromatic heterocycles. The summed E-state index contributed by atoms with van der Waals surface area (Å²) in [5.74, 6) is 0.642. The molecule has 1 amide bonds. The largest absolute Gasteiger partial charge is 0.495 e. The predicted molar refractivity (Wildman–Crippen MR) is 132 cm³/mol. The van der Waals surface area contributed by atoms with Gasteiger partial charge in [-0.05, 0) is 49.4 Å². The number of benzene rings is 3. The van der Waals surface area contributed by atoms with E-state index >= 15 is 0 Å². The summed E-state index contributed by atoms with van der Waals surface area (Å²) in [6, 6.07) is 15.7. The molecule has 0 saturated carbocycles. The van der Waals surface area contributed by atoms with E-state index in [0.29, 0.717) is 28.0 Å². The van der Waals surface area contributed by atoms with Crippen LogP contribution in [0.3, 0.4) is 0 Å². The molecule has 0 radical (unpaired) electrons. The van der Waals surface area contributed by atoms with Gasteiger partial charge in [0, 0.05) is 11.8 Å². The first-order valence-electron chi connectivity index (χ1n) is 10.1. The Hall–Kier alpha value is -3.43. The number of ether oxygens (including phenoxy) is 3. The second kappa shape index (κ2) is 10.7. The van der Waals surface area contributed by atoms with Crippen molar-refractivity contribution in [1.29, 1.82) is 0 Å². The van der Waals surface area contributed by atoms with Crippen LogP contribution in [0.15, 0.2) is 65.6 Å². The second-order valence-electron chi connectivity index (χ2n) is 7.26. The number of anilines is 2. The molecule has 8 nitrogen and oxygen atoms in total. The minimum atomic E-state index is -4.09. The molecule has 3 aromatic rings. The van der Waals surface area contributed by atoms with Gasteiger partial charge in [-0.1, -0.05) is 29.3 Å². The molecule has 3 rings (SSSR count). The summed E-state index contributed by atoms with van der Waals surface area (Å²) in [6.45, 7) is 1.37. The van der Waals surface area contributed by atoms with Crippen molar-refractivity contribution >= 4 is 38.9 Å². The minimum Gasteiger partial charge on any atom is -0.495 e. The van der Waals surface area contributed by atoms with Gasteiger partial charge in [-0.25, -0.2) is 8.42 Å². The van der Waals surface area contributed by atoms with Crippen molar-refractivity contribution in [2.24, 2.45) is 0 Å². The third-order valence-corrected chi connectivity index (χ3v) is 7.07. The van der Waals surface area contributed by atoms with E-state index in [1.807, 2.05) is 6.92 Å². The maximum Gasteiger partial charge on any atom is 0.264 e. The monoisotopic (exact) mass is 504 g/mol. The number of aryl methyl sites for hydroxylation is 1. The molecule has 34 heavy (non-hydrogen) atoms. The number of amides is 1. The Morgan fingerprint density at radius 1 is 0.882 bits per heavy atom. The van der Waals surface area contributed by atoms with E-state index in [4.69, 9.17) is 25.8 Å². The van der Waals surface area contributed by atoms with E-state index in [2.05, 4.69) is 5.32 Å². The van der Waals surface area contributed by atoms with E-state index in [1.165, 1.54) is 45.6 Å². The zero-order chi connectivity index (χ0) is 24.9. The maximum absolute atomic E-state index is 13.6. The summed E-state index contributed by atoms with van der Waals surface area (Å²) in [5, 5.41) is 2.99. The summed E-state index contributed by atoms with van der Waals surface area (Å²) in [6.07, 6.45) is 0. The number of hydrogen-bond donors (Lipinski definition) is 1. The number of methoxy groups -OCH3 is 3. The van der Waals surface area contributed by atoms with Crippen LogP contribution in [0.5, 0.6) is 17.2 Å². The van der Waals surface area contributed by atoms with Crippen LogP contribution in [0.1, 0.15) is 5.56 Å². The number of carbonyl (C=O) groups is 1. The molecule has 0 spiro atoms. The van der Waals surface area contributed by atoms with Crippen molar-refractivity contribution in [2.45, 2.75) is 11.8 Å². The van der Waals surface area contributed by atoms with Crippen LogP contribution in [0.25, 0.3) is 0 Å². The molecule has 0 aliphatic rings. The molecule has 0 aliphatic heterocycles. The zero-order valence-corrected chi connectivity index (χ0v) is 20.7. The van der Waals surface area contributed by atoms with Crippen LogP contribution < -0.4 is 23.8 Å². The molecule has 0 heterocycles. The lowest BCUT2D eigenvalue weighted by atomic mass is 10.2. The fraction of sp³-hybridized carbons (Fsp3) is 0.208. The van der Waals surface area contributed by atoms with Gasteiger partial charge < -0.3 is 19.5 Å². The molecule has 0 aliphatic carbocycles. The highest BCUT2D eigenvalue weighted by atomic mass is 35.5. The molecule has 10 heteroatoms. The van der Waals surface area contributed by atoms with E-state index in [0.717, 1.165) is 9.87 Å². The topological polar surface area (TPSA) is 94.2 Å². The molecule has 0 bridgehead atoms. The smallest absolute Gasteiger partial charge is 0.264 e. The van der Waals surface area contributed by atoms with Gasteiger partial charge in [0.2, 0.25) is 5.91 Å². The van der Waals surface area contributed by atoms with Crippen LogP contribution in [-0.2, 0) is 14.8 Å². The van der Waals surface area contributed by atoms with Crippen LogP contribution in [0.2, 0.25) is 5.02 Å². The maximum atomic E-state index is 13.6. The standard InChI is InChI=1S/C24H25ClN2O6S/c1-16-5-9-19(10-6-16)34(29,30)27(18-8-12-22(32-3)23(14-18)33-4)15-24(28)26-17-7-11-21(31-2)20(25)13-17/h5-14H,15H2,1-4H3,(H,26,28). The van der Waals surface area contributed by atoms with E-state index in [1.54, 1.807) is 36.4 Å². The highest BCUT2D eigenvalue weighted by Gasteiger charge is 2.28. The van der Waals surface area contributed by atoms with E-state index < -0.39 is 22.5 Å². The molecule has 180 valence electrons. The lowest BCUT2D eigenvalue weighted by Crippen LogP contribution is -2.38. The quantitative estimate of drug-likeness (QED) is 0.461. The van der Waals surface area contributed by atoms with Gasteiger partial charge in [0.25, 0.3) is 10.0 Å². The number of hydrogen-bond acceptors (Lipinski definition) is 6. The minimum absolute atomic E-state index is 0.0492. The molecule has 1 N–H and O–H groups in total. The van der Waals surface area contributed by atoms with Crippen molar-refractivity contribution in [3.63, 3.8) is 0 Å². The Bertz CT molecular complexity index is 1280. The molecular weight excluding hydrogens is 480 g/mol. The number of nitrogens with zero attached hydrogens (tertiary/aromatic N) is 1.